The highest BCUT2D eigenvalue weighted by molar-refractivity contribution is 6.33. The molecule has 1 aliphatic heterocycles. The van der Waals surface area contributed by atoms with Gasteiger partial charge in [-0.3, -0.25) is 4.79 Å². The minimum absolute atomic E-state index is 0.174. The number of nitrogens with zero attached hydrogens (tertiary/aromatic N) is 1. The number of para-hydroxylation sites is 1. The fourth-order valence-electron chi connectivity index (χ4n) is 2.87. The third-order valence-corrected chi connectivity index (χ3v) is 4.48. The van der Waals surface area contributed by atoms with Gasteiger partial charge in [0.1, 0.15) is 0 Å². The van der Waals surface area contributed by atoms with Crippen LogP contribution >= 0.6 is 23.2 Å². The lowest BCUT2D eigenvalue weighted by Crippen LogP contribution is -2.55. The Balaban J connectivity index is 2.24. The summed E-state index contributed by atoms with van der Waals surface area (Å²) in [5.74, 6) is -0.174. The smallest absolute Gasteiger partial charge is 0.219 e. The van der Waals surface area contributed by atoms with E-state index in [1.807, 2.05) is 71.8 Å². The maximum Gasteiger partial charge on any atom is 0.219 e. The summed E-state index contributed by atoms with van der Waals surface area (Å²) >= 11 is 12.9. The molecule has 0 saturated heterocycles. The van der Waals surface area contributed by atoms with Gasteiger partial charge >= 0.3 is 0 Å². The zero-order chi connectivity index (χ0) is 17.2. The van der Waals surface area contributed by atoms with Gasteiger partial charge in [-0.1, -0.05) is 59.6 Å². The first kappa shape index (κ1) is 16.6. The Labute approximate surface area is 151 Å². The van der Waals surface area contributed by atoms with Gasteiger partial charge in [-0.2, -0.15) is 0 Å². The highest BCUT2D eigenvalue weighted by atomic mass is 35.5. The first-order chi connectivity index (χ1) is 11.5. The average molecular weight is 359 g/mol. The number of hydrogen-bond donors (Lipinski definition) is 1. The predicted molar refractivity (Wildman–Crippen MR) is 99.2 cm³/mol. The van der Waals surface area contributed by atoms with Crippen molar-refractivity contribution >= 4 is 34.8 Å². The summed E-state index contributed by atoms with van der Waals surface area (Å²) in [6, 6.07) is 14.9. The Morgan fingerprint density at radius 3 is 2.33 bits per heavy atom. The largest absolute Gasteiger partial charge is 0.326 e. The summed E-state index contributed by atoms with van der Waals surface area (Å²) < 4.78 is 0. The fourth-order valence-corrected chi connectivity index (χ4v) is 3.38. The Morgan fingerprint density at radius 2 is 1.67 bits per heavy atom. The second-order valence-corrected chi connectivity index (χ2v) is 6.26. The molecule has 2 aromatic carbocycles. The van der Waals surface area contributed by atoms with Crippen molar-refractivity contribution in [2.45, 2.75) is 12.6 Å². The van der Waals surface area contributed by atoms with Gasteiger partial charge in [0, 0.05) is 23.7 Å². The molecule has 0 aliphatic carbocycles. The number of hydrogen-bond acceptors (Lipinski definition) is 2. The van der Waals surface area contributed by atoms with Gasteiger partial charge < -0.3 is 10.2 Å². The van der Waals surface area contributed by atoms with Crippen LogP contribution in [0.4, 0.5) is 5.69 Å². The zero-order valence-corrected chi connectivity index (χ0v) is 14.6. The van der Waals surface area contributed by atoms with Crippen LogP contribution in [0, 0.1) is 0 Å². The number of carbonyl (C=O) groups excluding carboxylic acids is 1. The number of rotatable bonds is 3. The SMILES string of the molecule is CC(=O)NC1(c2ccccc2Cl)C=CC=CN1c1ccccc1Cl. The molecule has 1 atom stereocenters. The van der Waals surface area contributed by atoms with Crippen molar-refractivity contribution in [3.05, 3.63) is 88.6 Å². The first-order valence-corrected chi connectivity index (χ1v) is 8.24. The molecule has 122 valence electrons. The predicted octanol–water partition coefficient (Wildman–Crippen LogP) is 4.87. The summed E-state index contributed by atoms with van der Waals surface area (Å²) in [6.45, 7) is 1.48. The van der Waals surface area contributed by atoms with E-state index in [4.69, 9.17) is 23.2 Å². The van der Waals surface area contributed by atoms with E-state index < -0.39 is 5.66 Å². The molecule has 1 amide bonds. The number of allylic oxidation sites excluding steroid dienone is 2. The molecule has 0 saturated carbocycles. The molecule has 1 aliphatic rings. The van der Waals surface area contributed by atoms with Gasteiger partial charge in [-0.15, -0.1) is 0 Å². The summed E-state index contributed by atoms with van der Waals surface area (Å²) in [5, 5.41) is 4.18. The molecule has 0 spiro atoms. The molecule has 1 N–H and O–H groups in total. The van der Waals surface area contributed by atoms with Crippen molar-refractivity contribution < 1.29 is 4.79 Å². The van der Waals surface area contributed by atoms with Crippen molar-refractivity contribution in [3.63, 3.8) is 0 Å². The van der Waals surface area contributed by atoms with Crippen molar-refractivity contribution in [1.82, 2.24) is 5.32 Å². The molecule has 0 aromatic heterocycles. The summed E-state index contributed by atoms with van der Waals surface area (Å²) in [5.41, 5.74) is 0.583. The highest BCUT2D eigenvalue weighted by Gasteiger charge is 2.39. The van der Waals surface area contributed by atoms with Crippen molar-refractivity contribution in [2.75, 3.05) is 4.90 Å². The van der Waals surface area contributed by atoms with Crippen LogP contribution in [0.15, 0.2) is 73.0 Å². The minimum atomic E-state index is -0.954. The fraction of sp³-hybridized carbons (Fsp3) is 0.105. The molecular formula is C19H16Cl2N2O. The third-order valence-electron chi connectivity index (χ3n) is 3.83. The number of halogens is 2. The van der Waals surface area contributed by atoms with E-state index in [1.54, 1.807) is 6.07 Å². The number of nitrogens with one attached hydrogen (secondary N) is 1. The molecule has 1 heterocycles. The van der Waals surface area contributed by atoms with Gasteiger partial charge in [0.2, 0.25) is 5.91 Å². The van der Waals surface area contributed by atoms with Crippen molar-refractivity contribution in [2.24, 2.45) is 0 Å². The van der Waals surface area contributed by atoms with Gasteiger partial charge in [-0.05, 0) is 30.4 Å². The van der Waals surface area contributed by atoms with Gasteiger partial charge in [0.05, 0.1) is 10.7 Å². The van der Waals surface area contributed by atoms with Crippen molar-refractivity contribution in [3.8, 4) is 0 Å². The van der Waals surface area contributed by atoms with E-state index in [9.17, 15) is 4.79 Å². The van der Waals surface area contributed by atoms with Crippen LogP contribution in [0.5, 0.6) is 0 Å². The maximum atomic E-state index is 12.0. The van der Waals surface area contributed by atoms with Crippen LogP contribution in [-0.2, 0) is 10.5 Å². The van der Waals surface area contributed by atoms with Crippen molar-refractivity contribution in [1.29, 1.82) is 0 Å². The summed E-state index contributed by atoms with van der Waals surface area (Å²) in [4.78, 5) is 13.9. The molecule has 1 unspecified atom stereocenters. The second kappa shape index (κ2) is 6.71. The van der Waals surface area contributed by atoms with Crippen LogP contribution in [0.1, 0.15) is 12.5 Å². The van der Waals surface area contributed by atoms with E-state index in [0.29, 0.717) is 10.0 Å². The Hall–Kier alpha value is -2.23. The van der Waals surface area contributed by atoms with Crippen LogP contribution in [-0.4, -0.2) is 5.91 Å². The summed E-state index contributed by atoms with van der Waals surface area (Å²) in [7, 11) is 0. The van der Waals surface area contributed by atoms with E-state index >= 15 is 0 Å². The number of benzene rings is 2. The lowest BCUT2D eigenvalue weighted by atomic mass is 9.93. The van der Waals surface area contributed by atoms with Crippen LogP contribution in [0.25, 0.3) is 0 Å². The standard InChI is InChI=1S/C19H16Cl2N2O/c1-14(24)22-19(15-8-2-3-9-16(15)20)12-6-7-13-23(19)18-11-5-4-10-17(18)21/h2-13H,1H3,(H,22,24). The van der Waals surface area contributed by atoms with E-state index in [2.05, 4.69) is 5.32 Å². The molecule has 3 rings (SSSR count). The zero-order valence-electron chi connectivity index (χ0n) is 13.0. The molecule has 5 heteroatoms. The quantitative estimate of drug-likeness (QED) is 0.848. The molecular weight excluding hydrogens is 343 g/mol. The first-order valence-electron chi connectivity index (χ1n) is 7.48. The van der Waals surface area contributed by atoms with Gasteiger partial charge in [0.25, 0.3) is 0 Å². The van der Waals surface area contributed by atoms with Gasteiger partial charge in [-0.25, -0.2) is 0 Å². The summed E-state index contributed by atoms with van der Waals surface area (Å²) in [6.07, 6.45) is 7.55. The molecule has 0 fully saturated rings. The normalized spacial score (nSPS) is 19.4. The van der Waals surface area contributed by atoms with E-state index in [1.165, 1.54) is 6.92 Å². The maximum absolute atomic E-state index is 12.0. The van der Waals surface area contributed by atoms with Crippen LogP contribution in [0.3, 0.4) is 0 Å². The van der Waals surface area contributed by atoms with Gasteiger partial charge in [0.15, 0.2) is 5.66 Å². The molecule has 0 bridgehead atoms. The number of carbonyl (C=O) groups is 1. The highest BCUT2D eigenvalue weighted by Crippen LogP contribution is 2.40. The lowest BCUT2D eigenvalue weighted by Gasteiger charge is -2.44. The third kappa shape index (κ3) is 2.93. The van der Waals surface area contributed by atoms with E-state index in [-0.39, 0.29) is 5.91 Å². The Bertz CT molecular complexity index is 832. The molecule has 2 aromatic rings. The lowest BCUT2D eigenvalue weighted by molar-refractivity contribution is -0.120. The average Bonchev–Trinajstić information content (AvgIpc) is 2.56. The van der Waals surface area contributed by atoms with Crippen LogP contribution < -0.4 is 10.2 Å². The monoisotopic (exact) mass is 358 g/mol. The topological polar surface area (TPSA) is 32.3 Å². The Kier molecular flexibility index (Phi) is 4.65. The Morgan fingerprint density at radius 1 is 1.00 bits per heavy atom. The van der Waals surface area contributed by atoms with Crippen LogP contribution in [0.2, 0.25) is 10.0 Å². The van der Waals surface area contributed by atoms with E-state index in [0.717, 1.165) is 11.3 Å². The number of anilines is 1. The molecule has 24 heavy (non-hydrogen) atoms. The number of amides is 1. The minimum Gasteiger partial charge on any atom is -0.326 e. The molecule has 3 nitrogen and oxygen atoms in total. The molecule has 0 radical (unpaired) electrons. The second-order valence-electron chi connectivity index (χ2n) is 5.45.